The van der Waals surface area contributed by atoms with Crippen LogP contribution in [0, 0.1) is 13.8 Å². The van der Waals surface area contributed by atoms with Gasteiger partial charge in [-0.3, -0.25) is 4.79 Å². The minimum atomic E-state index is -0.284. The number of rotatable bonds is 6. The third kappa shape index (κ3) is 3.64. The summed E-state index contributed by atoms with van der Waals surface area (Å²) in [5.41, 5.74) is 2.07. The van der Waals surface area contributed by atoms with Crippen LogP contribution in [0.15, 0.2) is 40.9 Å². The van der Waals surface area contributed by atoms with Gasteiger partial charge in [0, 0.05) is 6.54 Å². The maximum absolute atomic E-state index is 12.4. The van der Waals surface area contributed by atoms with Crippen molar-refractivity contribution in [3.05, 3.63) is 59.0 Å². The van der Waals surface area contributed by atoms with Crippen LogP contribution in [0.1, 0.15) is 27.4 Å². The fraction of sp³-hybridized carbons (Fsp3) is 0.263. The molecule has 1 aromatic heterocycles. The molecule has 0 saturated carbocycles. The third-order valence-corrected chi connectivity index (χ3v) is 4.04. The number of benzene rings is 2. The Kier molecular flexibility index (Phi) is 5.00. The molecule has 2 aromatic carbocycles. The van der Waals surface area contributed by atoms with Crippen LogP contribution in [0.5, 0.6) is 5.75 Å². The molecular weight excluding hydrogens is 320 g/mol. The molecule has 1 amide bonds. The number of hydrogen-bond donors (Lipinski definition) is 2. The molecular formula is C19H20N2O4. The summed E-state index contributed by atoms with van der Waals surface area (Å²) in [7, 11) is 0. The summed E-state index contributed by atoms with van der Waals surface area (Å²) in [6.45, 7) is 4.02. The minimum Gasteiger partial charge on any atom is -0.488 e. The molecule has 6 nitrogen and oxygen atoms in total. The van der Waals surface area contributed by atoms with E-state index in [0.29, 0.717) is 17.1 Å². The van der Waals surface area contributed by atoms with Gasteiger partial charge in [0.15, 0.2) is 0 Å². The molecule has 0 aliphatic carbocycles. The summed E-state index contributed by atoms with van der Waals surface area (Å²) in [5, 5.41) is 17.4. The van der Waals surface area contributed by atoms with Gasteiger partial charge in [0.25, 0.3) is 5.91 Å². The topological polar surface area (TPSA) is 84.6 Å². The van der Waals surface area contributed by atoms with Crippen molar-refractivity contribution in [1.29, 1.82) is 0 Å². The first-order chi connectivity index (χ1) is 12.1. The molecule has 0 aliphatic heterocycles. The fourth-order valence-corrected chi connectivity index (χ4v) is 2.64. The van der Waals surface area contributed by atoms with E-state index in [4.69, 9.17) is 14.4 Å². The molecule has 3 aromatic rings. The number of nitrogens with zero attached hydrogens (tertiary/aromatic N) is 1. The van der Waals surface area contributed by atoms with Crippen LogP contribution < -0.4 is 10.1 Å². The van der Waals surface area contributed by atoms with Gasteiger partial charge in [-0.1, -0.05) is 29.4 Å². The van der Waals surface area contributed by atoms with Gasteiger partial charge in [-0.2, -0.15) is 0 Å². The molecule has 25 heavy (non-hydrogen) atoms. The molecule has 1 heterocycles. The van der Waals surface area contributed by atoms with Crippen LogP contribution in [-0.2, 0) is 6.61 Å². The van der Waals surface area contributed by atoms with Crippen molar-refractivity contribution in [2.24, 2.45) is 0 Å². The highest BCUT2D eigenvalue weighted by Crippen LogP contribution is 2.27. The van der Waals surface area contributed by atoms with Crippen LogP contribution in [0.3, 0.4) is 0 Å². The van der Waals surface area contributed by atoms with E-state index >= 15 is 0 Å². The first-order valence-corrected chi connectivity index (χ1v) is 8.06. The van der Waals surface area contributed by atoms with E-state index < -0.39 is 0 Å². The number of aliphatic hydroxyl groups excluding tert-OH is 1. The zero-order chi connectivity index (χ0) is 17.8. The quantitative estimate of drug-likeness (QED) is 0.721. The molecule has 6 heteroatoms. The number of aryl methyl sites for hydroxylation is 2. The standard InChI is InChI=1S/C19H20N2O4/c1-12-17(13(2)25-21-12)11-24-18-10-15-6-4-3-5-14(15)9-16(18)19(23)20-7-8-22/h3-6,9-10,22H,7-8,11H2,1-2H3,(H,20,23). The molecule has 0 fully saturated rings. The number of hydrogen-bond acceptors (Lipinski definition) is 5. The van der Waals surface area contributed by atoms with Gasteiger partial charge in [0.05, 0.1) is 23.4 Å². The smallest absolute Gasteiger partial charge is 0.255 e. The monoisotopic (exact) mass is 340 g/mol. The maximum Gasteiger partial charge on any atom is 0.255 e. The van der Waals surface area contributed by atoms with Gasteiger partial charge < -0.3 is 19.7 Å². The lowest BCUT2D eigenvalue weighted by Crippen LogP contribution is -2.26. The minimum absolute atomic E-state index is 0.116. The first-order valence-electron chi connectivity index (χ1n) is 8.06. The fourth-order valence-electron chi connectivity index (χ4n) is 2.64. The molecule has 0 atom stereocenters. The second-order valence-corrected chi connectivity index (χ2v) is 5.77. The van der Waals surface area contributed by atoms with E-state index in [1.54, 1.807) is 6.07 Å². The van der Waals surface area contributed by atoms with E-state index in [9.17, 15) is 4.79 Å². The van der Waals surface area contributed by atoms with Crippen LogP contribution in [-0.4, -0.2) is 29.3 Å². The zero-order valence-corrected chi connectivity index (χ0v) is 14.2. The van der Waals surface area contributed by atoms with Crippen LogP contribution in [0.4, 0.5) is 0 Å². The second-order valence-electron chi connectivity index (χ2n) is 5.77. The predicted molar refractivity (Wildman–Crippen MR) is 93.7 cm³/mol. The Morgan fingerprint density at radius 3 is 2.60 bits per heavy atom. The van der Waals surface area contributed by atoms with Crippen molar-refractivity contribution >= 4 is 16.7 Å². The third-order valence-electron chi connectivity index (χ3n) is 4.04. The average molecular weight is 340 g/mol. The van der Waals surface area contributed by atoms with E-state index in [2.05, 4.69) is 10.5 Å². The van der Waals surface area contributed by atoms with Gasteiger partial charge in [0.1, 0.15) is 18.1 Å². The number of carbonyl (C=O) groups excluding carboxylic acids is 1. The van der Waals surface area contributed by atoms with Crippen molar-refractivity contribution in [2.75, 3.05) is 13.2 Å². The van der Waals surface area contributed by atoms with Crippen molar-refractivity contribution in [1.82, 2.24) is 10.5 Å². The summed E-state index contributed by atoms with van der Waals surface area (Å²) in [4.78, 5) is 12.4. The molecule has 130 valence electrons. The molecule has 3 rings (SSSR count). The number of nitrogens with one attached hydrogen (secondary N) is 1. The molecule has 0 unspecified atom stereocenters. The Morgan fingerprint density at radius 1 is 1.24 bits per heavy atom. The Hall–Kier alpha value is -2.86. The first kappa shape index (κ1) is 17.0. The highest BCUT2D eigenvalue weighted by molar-refractivity contribution is 6.01. The predicted octanol–water partition coefficient (Wildman–Crippen LogP) is 2.75. The number of fused-ring (bicyclic) bond motifs is 1. The Bertz CT molecular complexity index is 882. The highest BCUT2D eigenvalue weighted by Gasteiger charge is 2.16. The summed E-state index contributed by atoms with van der Waals surface area (Å²) in [5.74, 6) is 0.896. The van der Waals surface area contributed by atoms with Gasteiger partial charge in [0.2, 0.25) is 0 Å². The number of aliphatic hydroxyl groups is 1. The summed E-state index contributed by atoms with van der Waals surface area (Å²) in [6, 6.07) is 11.4. The number of ether oxygens (including phenoxy) is 1. The van der Waals surface area contributed by atoms with Crippen molar-refractivity contribution < 1.29 is 19.2 Å². The Morgan fingerprint density at radius 2 is 1.96 bits per heavy atom. The van der Waals surface area contributed by atoms with E-state index in [-0.39, 0.29) is 25.7 Å². The van der Waals surface area contributed by atoms with Gasteiger partial charge in [-0.15, -0.1) is 0 Å². The molecule has 0 radical (unpaired) electrons. The number of amides is 1. The largest absolute Gasteiger partial charge is 0.488 e. The van der Waals surface area contributed by atoms with Crippen LogP contribution >= 0.6 is 0 Å². The van der Waals surface area contributed by atoms with Crippen LogP contribution in [0.2, 0.25) is 0 Å². The average Bonchev–Trinajstić information content (AvgIpc) is 2.95. The maximum atomic E-state index is 12.4. The van der Waals surface area contributed by atoms with Gasteiger partial charge in [-0.05, 0) is 36.8 Å². The van der Waals surface area contributed by atoms with Crippen LogP contribution in [0.25, 0.3) is 10.8 Å². The molecule has 0 aliphatic rings. The van der Waals surface area contributed by atoms with Crippen molar-refractivity contribution in [3.8, 4) is 5.75 Å². The van der Waals surface area contributed by atoms with E-state index in [0.717, 1.165) is 22.0 Å². The second kappa shape index (κ2) is 7.36. The lowest BCUT2D eigenvalue weighted by Gasteiger charge is -2.13. The zero-order valence-electron chi connectivity index (χ0n) is 14.2. The van der Waals surface area contributed by atoms with Gasteiger partial charge >= 0.3 is 0 Å². The van der Waals surface area contributed by atoms with Gasteiger partial charge in [-0.25, -0.2) is 0 Å². The summed E-state index contributed by atoms with van der Waals surface area (Å²) in [6.07, 6.45) is 0. The Balaban J connectivity index is 1.94. The normalized spacial score (nSPS) is 10.8. The van der Waals surface area contributed by atoms with E-state index in [1.807, 2.05) is 44.2 Å². The molecule has 0 saturated heterocycles. The molecule has 0 spiro atoms. The molecule has 0 bridgehead atoms. The lowest BCUT2D eigenvalue weighted by atomic mass is 10.1. The summed E-state index contributed by atoms with van der Waals surface area (Å²) >= 11 is 0. The number of aromatic nitrogens is 1. The highest BCUT2D eigenvalue weighted by atomic mass is 16.5. The lowest BCUT2D eigenvalue weighted by molar-refractivity contribution is 0.0940. The van der Waals surface area contributed by atoms with Crippen molar-refractivity contribution in [2.45, 2.75) is 20.5 Å². The Labute approximate surface area is 145 Å². The van der Waals surface area contributed by atoms with E-state index in [1.165, 1.54) is 0 Å². The summed E-state index contributed by atoms with van der Waals surface area (Å²) < 4.78 is 11.1. The number of carbonyl (C=O) groups is 1. The SMILES string of the molecule is Cc1noc(C)c1COc1cc2ccccc2cc1C(=O)NCCO. The molecule has 2 N–H and O–H groups in total. The van der Waals surface area contributed by atoms with Crippen molar-refractivity contribution in [3.63, 3.8) is 0 Å².